The summed E-state index contributed by atoms with van der Waals surface area (Å²) in [6, 6.07) is 1.86. The second kappa shape index (κ2) is 7.09. The third-order valence-corrected chi connectivity index (χ3v) is 3.98. The van der Waals surface area contributed by atoms with Gasteiger partial charge in [-0.25, -0.2) is 9.78 Å². The maximum atomic E-state index is 11.2. The van der Waals surface area contributed by atoms with Crippen molar-refractivity contribution < 1.29 is 14.6 Å². The van der Waals surface area contributed by atoms with E-state index in [2.05, 4.69) is 11.9 Å². The fourth-order valence-electron chi connectivity index (χ4n) is 1.90. The Morgan fingerprint density at radius 3 is 3.05 bits per heavy atom. The molecule has 0 spiro atoms. The Morgan fingerprint density at radius 1 is 1.55 bits per heavy atom. The lowest BCUT2D eigenvalue weighted by Crippen LogP contribution is -2.04. The number of hydrogen-bond acceptors (Lipinski definition) is 4. The summed E-state index contributed by atoms with van der Waals surface area (Å²) in [5, 5.41) is 9.17. The molecule has 5 nitrogen and oxygen atoms in total. The highest BCUT2D eigenvalue weighted by Gasteiger charge is 2.16. The molecule has 0 aromatic carbocycles. The van der Waals surface area contributed by atoms with Crippen LogP contribution in [0.15, 0.2) is 24.8 Å². The molecule has 0 unspecified atom stereocenters. The molecule has 0 aliphatic heterocycles. The molecular weight excluding hydrogens is 276 g/mol. The maximum Gasteiger partial charge on any atom is 0.349 e. The van der Waals surface area contributed by atoms with Crippen molar-refractivity contribution in [3.8, 4) is 5.75 Å². The summed E-state index contributed by atoms with van der Waals surface area (Å²) in [5.41, 5.74) is 0. The highest BCUT2D eigenvalue weighted by molar-refractivity contribution is 7.14. The Balaban J connectivity index is 1.89. The van der Waals surface area contributed by atoms with E-state index in [0.29, 0.717) is 17.2 Å². The number of carboxylic acid groups (broad SMARTS) is 1. The second-order valence-electron chi connectivity index (χ2n) is 4.46. The number of nitrogens with zero attached hydrogens (tertiary/aromatic N) is 2. The number of carboxylic acids is 1. The van der Waals surface area contributed by atoms with Crippen LogP contribution in [0.4, 0.5) is 0 Å². The summed E-state index contributed by atoms with van der Waals surface area (Å²) < 4.78 is 7.59. The molecule has 6 heteroatoms. The number of rotatable bonds is 8. The number of aromatic nitrogens is 2. The standard InChI is InChI=1S/C14H18N2O3S/c1-2-4-11-9-12(13(20-11)14(17)18)19-8-3-6-16-7-5-15-10-16/h5,7,9-10H,2-4,6,8H2,1H3,(H,17,18). The van der Waals surface area contributed by atoms with Crippen LogP contribution < -0.4 is 4.74 Å². The molecule has 2 heterocycles. The van der Waals surface area contributed by atoms with Gasteiger partial charge in [0, 0.05) is 23.8 Å². The molecule has 0 aliphatic carbocycles. The number of aryl methyl sites for hydroxylation is 2. The summed E-state index contributed by atoms with van der Waals surface area (Å²) in [4.78, 5) is 16.5. The van der Waals surface area contributed by atoms with E-state index in [0.717, 1.165) is 30.7 Å². The van der Waals surface area contributed by atoms with E-state index < -0.39 is 5.97 Å². The van der Waals surface area contributed by atoms with Gasteiger partial charge in [0.1, 0.15) is 5.75 Å². The van der Waals surface area contributed by atoms with Crippen LogP contribution in [-0.4, -0.2) is 27.2 Å². The van der Waals surface area contributed by atoms with Gasteiger partial charge in [-0.05, 0) is 18.9 Å². The van der Waals surface area contributed by atoms with Crippen molar-refractivity contribution in [3.05, 3.63) is 34.5 Å². The summed E-state index contributed by atoms with van der Waals surface area (Å²) in [6.45, 7) is 3.39. The predicted octanol–water partition coefficient (Wildman–Crippen LogP) is 3.06. The molecule has 0 bridgehead atoms. The first-order chi connectivity index (χ1) is 9.70. The van der Waals surface area contributed by atoms with Crippen LogP contribution in [0.2, 0.25) is 0 Å². The minimum atomic E-state index is -0.915. The summed E-state index contributed by atoms with van der Waals surface area (Å²) >= 11 is 1.31. The van der Waals surface area contributed by atoms with E-state index in [-0.39, 0.29) is 0 Å². The molecule has 20 heavy (non-hydrogen) atoms. The lowest BCUT2D eigenvalue weighted by atomic mass is 10.3. The van der Waals surface area contributed by atoms with Gasteiger partial charge in [-0.1, -0.05) is 13.3 Å². The first kappa shape index (κ1) is 14.6. The number of imidazole rings is 1. The van der Waals surface area contributed by atoms with E-state index in [9.17, 15) is 9.90 Å². The molecule has 0 saturated carbocycles. The van der Waals surface area contributed by atoms with Crippen molar-refractivity contribution in [1.29, 1.82) is 0 Å². The van der Waals surface area contributed by atoms with Gasteiger partial charge < -0.3 is 14.4 Å². The molecule has 2 aromatic heterocycles. The zero-order valence-electron chi connectivity index (χ0n) is 11.4. The minimum absolute atomic E-state index is 0.302. The van der Waals surface area contributed by atoms with E-state index in [1.165, 1.54) is 11.3 Å². The Hall–Kier alpha value is -1.82. The smallest absolute Gasteiger partial charge is 0.349 e. The molecule has 2 rings (SSSR count). The SMILES string of the molecule is CCCc1cc(OCCCn2ccnc2)c(C(=O)O)s1. The summed E-state index contributed by atoms with van der Waals surface area (Å²) in [6.07, 6.45) is 8.09. The van der Waals surface area contributed by atoms with Gasteiger partial charge in [0.25, 0.3) is 0 Å². The Morgan fingerprint density at radius 2 is 2.40 bits per heavy atom. The second-order valence-corrected chi connectivity index (χ2v) is 5.60. The highest BCUT2D eigenvalue weighted by atomic mass is 32.1. The van der Waals surface area contributed by atoms with Crippen LogP contribution in [0, 0.1) is 0 Å². The van der Waals surface area contributed by atoms with Crippen LogP contribution in [0.3, 0.4) is 0 Å². The third-order valence-electron chi connectivity index (χ3n) is 2.82. The van der Waals surface area contributed by atoms with Gasteiger partial charge in [-0.2, -0.15) is 0 Å². The number of thiophene rings is 1. The van der Waals surface area contributed by atoms with Crippen molar-refractivity contribution in [2.45, 2.75) is 32.7 Å². The van der Waals surface area contributed by atoms with Crippen LogP contribution in [-0.2, 0) is 13.0 Å². The van der Waals surface area contributed by atoms with Gasteiger partial charge in [0.05, 0.1) is 12.9 Å². The van der Waals surface area contributed by atoms with Gasteiger partial charge in [0.2, 0.25) is 0 Å². The van der Waals surface area contributed by atoms with Gasteiger partial charge in [0.15, 0.2) is 4.88 Å². The van der Waals surface area contributed by atoms with Crippen LogP contribution in [0.5, 0.6) is 5.75 Å². The average molecular weight is 294 g/mol. The molecule has 108 valence electrons. The van der Waals surface area contributed by atoms with E-state index in [4.69, 9.17) is 4.74 Å². The van der Waals surface area contributed by atoms with E-state index >= 15 is 0 Å². The number of aromatic carboxylic acids is 1. The molecular formula is C14H18N2O3S. The third kappa shape index (κ3) is 3.84. The van der Waals surface area contributed by atoms with Crippen molar-refractivity contribution >= 4 is 17.3 Å². The highest BCUT2D eigenvalue weighted by Crippen LogP contribution is 2.30. The monoisotopic (exact) mass is 294 g/mol. The van der Waals surface area contributed by atoms with Crippen LogP contribution in [0.25, 0.3) is 0 Å². The summed E-state index contributed by atoms with van der Waals surface area (Å²) in [5.74, 6) is -0.418. The normalized spacial score (nSPS) is 10.7. The maximum absolute atomic E-state index is 11.2. The van der Waals surface area contributed by atoms with Crippen molar-refractivity contribution in [2.75, 3.05) is 6.61 Å². The largest absolute Gasteiger partial charge is 0.492 e. The lowest BCUT2D eigenvalue weighted by molar-refractivity contribution is 0.0698. The number of carbonyl (C=O) groups is 1. The van der Waals surface area contributed by atoms with Crippen molar-refractivity contribution in [2.24, 2.45) is 0 Å². The molecule has 0 fully saturated rings. The molecule has 0 radical (unpaired) electrons. The first-order valence-electron chi connectivity index (χ1n) is 6.65. The molecule has 0 amide bonds. The molecule has 2 aromatic rings. The van der Waals surface area contributed by atoms with Gasteiger partial charge in [-0.3, -0.25) is 0 Å². The quantitative estimate of drug-likeness (QED) is 0.760. The number of ether oxygens (including phenoxy) is 1. The fourth-order valence-corrected chi connectivity index (χ4v) is 2.94. The summed E-state index contributed by atoms with van der Waals surface area (Å²) in [7, 11) is 0. The number of hydrogen-bond donors (Lipinski definition) is 1. The van der Waals surface area contributed by atoms with Crippen LogP contribution >= 0.6 is 11.3 Å². The Bertz CT molecular complexity index is 549. The predicted molar refractivity (Wildman–Crippen MR) is 77.6 cm³/mol. The fraction of sp³-hybridized carbons (Fsp3) is 0.429. The average Bonchev–Trinajstić information content (AvgIpc) is 3.04. The van der Waals surface area contributed by atoms with Gasteiger partial charge >= 0.3 is 5.97 Å². The molecule has 0 atom stereocenters. The van der Waals surface area contributed by atoms with E-state index in [1.807, 2.05) is 16.8 Å². The van der Waals surface area contributed by atoms with Crippen molar-refractivity contribution in [1.82, 2.24) is 9.55 Å². The van der Waals surface area contributed by atoms with Crippen molar-refractivity contribution in [3.63, 3.8) is 0 Å². The minimum Gasteiger partial charge on any atom is -0.492 e. The molecule has 1 N–H and O–H groups in total. The van der Waals surface area contributed by atoms with Crippen LogP contribution in [0.1, 0.15) is 34.3 Å². The van der Waals surface area contributed by atoms with E-state index in [1.54, 1.807) is 12.5 Å². The molecule has 0 saturated heterocycles. The zero-order chi connectivity index (χ0) is 14.4. The topological polar surface area (TPSA) is 64.4 Å². The lowest BCUT2D eigenvalue weighted by Gasteiger charge is -2.05. The Kier molecular flexibility index (Phi) is 5.17. The first-order valence-corrected chi connectivity index (χ1v) is 7.47. The van der Waals surface area contributed by atoms with Gasteiger partial charge in [-0.15, -0.1) is 11.3 Å². The molecule has 0 aliphatic rings. The zero-order valence-corrected chi connectivity index (χ0v) is 12.2. The Labute approximate surface area is 121 Å².